The van der Waals surface area contributed by atoms with Crippen molar-refractivity contribution in [3.05, 3.63) is 29.8 Å². The number of nitrogens with zero attached hydrogens (tertiary/aromatic N) is 1. The summed E-state index contributed by atoms with van der Waals surface area (Å²) in [4.78, 5) is 38.6. The highest BCUT2D eigenvalue weighted by Crippen LogP contribution is 2.29. The van der Waals surface area contributed by atoms with Crippen molar-refractivity contribution in [1.82, 2.24) is 5.32 Å². The summed E-state index contributed by atoms with van der Waals surface area (Å²) in [5.74, 6) is -0.366. The third-order valence-electron chi connectivity index (χ3n) is 6.51. The Morgan fingerprint density at radius 2 is 1.90 bits per heavy atom. The van der Waals surface area contributed by atoms with Gasteiger partial charge in [0.15, 0.2) is 6.61 Å². The standard InChI is InChI=1S/C23H32N2O4/c1-4-17-8-10-19(11-9-17)25-13-18(12-22(25)27)23(28)29-14-21(26)24-20-7-5-6-15(2)16(20)3/h8-11,15-16,18,20H,4-7,12-14H2,1-3H3,(H,24,26). The summed E-state index contributed by atoms with van der Waals surface area (Å²) >= 11 is 0. The van der Waals surface area contributed by atoms with Crippen LogP contribution in [0.2, 0.25) is 0 Å². The Morgan fingerprint density at radius 3 is 2.59 bits per heavy atom. The normalized spacial score (nSPS) is 27.0. The summed E-state index contributed by atoms with van der Waals surface area (Å²) < 4.78 is 5.23. The van der Waals surface area contributed by atoms with Crippen LogP contribution in [0, 0.1) is 17.8 Å². The lowest BCUT2D eigenvalue weighted by Crippen LogP contribution is -2.45. The molecule has 0 bridgehead atoms. The first-order chi connectivity index (χ1) is 13.9. The van der Waals surface area contributed by atoms with Gasteiger partial charge in [0.1, 0.15) is 0 Å². The van der Waals surface area contributed by atoms with E-state index in [1.807, 2.05) is 24.3 Å². The number of ether oxygens (including phenoxy) is 1. The van der Waals surface area contributed by atoms with Gasteiger partial charge in [-0.3, -0.25) is 14.4 Å². The van der Waals surface area contributed by atoms with E-state index in [4.69, 9.17) is 4.74 Å². The summed E-state index contributed by atoms with van der Waals surface area (Å²) in [6.07, 6.45) is 4.32. The Balaban J connectivity index is 1.48. The van der Waals surface area contributed by atoms with Gasteiger partial charge in [0.2, 0.25) is 5.91 Å². The largest absolute Gasteiger partial charge is 0.455 e. The van der Waals surface area contributed by atoms with Crippen LogP contribution in [0.4, 0.5) is 5.69 Å². The van der Waals surface area contributed by atoms with Gasteiger partial charge < -0.3 is 15.0 Å². The van der Waals surface area contributed by atoms with E-state index in [0.29, 0.717) is 18.4 Å². The number of carbonyl (C=O) groups excluding carboxylic acids is 3. The number of carbonyl (C=O) groups is 3. The number of hydrogen-bond donors (Lipinski definition) is 1. The molecule has 2 aliphatic rings. The molecule has 6 nitrogen and oxygen atoms in total. The van der Waals surface area contributed by atoms with Gasteiger partial charge in [-0.25, -0.2) is 0 Å². The lowest BCUT2D eigenvalue weighted by Gasteiger charge is -2.34. The lowest BCUT2D eigenvalue weighted by atomic mass is 9.78. The zero-order valence-electron chi connectivity index (χ0n) is 17.6. The molecule has 1 saturated carbocycles. The molecule has 1 aliphatic carbocycles. The van der Waals surface area contributed by atoms with Crippen LogP contribution in [0.25, 0.3) is 0 Å². The molecule has 4 unspecified atom stereocenters. The van der Waals surface area contributed by atoms with Gasteiger partial charge in [0.25, 0.3) is 5.91 Å². The molecule has 2 fully saturated rings. The Labute approximate surface area is 173 Å². The van der Waals surface area contributed by atoms with Gasteiger partial charge in [-0.05, 0) is 42.4 Å². The number of amides is 2. The average Bonchev–Trinajstić information content (AvgIpc) is 3.11. The van der Waals surface area contributed by atoms with Crippen LogP contribution in [0.15, 0.2) is 24.3 Å². The molecule has 6 heteroatoms. The van der Waals surface area contributed by atoms with Gasteiger partial charge in [0.05, 0.1) is 5.92 Å². The zero-order chi connectivity index (χ0) is 21.0. The predicted octanol–water partition coefficient (Wildman–Crippen LogP) is 3.09. The summed E-state index contributed by atoms with van der Waals surface area (Å²) in [6, 6.07) is 7.94. The molecular formula is C23H32N2O4. The van der Waals surface area contributed by atoms with Gasteiger partial charge in [-0.15, -0.1) is 0 Å². The molecule has 1 N–H and O–H groups in total. The lowest BCUT2D eigenvalue weighted by molar-refractivity contribution is -0.152. The van der Waals surface area contributed by atoms with Crippen LogP contribution in [0.3, 0.4) is 0 Å². The summed E-state index contributed by atoms with van der Waals surface area (Å²) in [6.45, 7) is 6.45. The molecule has 1 saturated heterocycles. The minimum absolute atomic E-state index is 0.0920. The van der Waals surface area contributed by atoms with Gasteiger partial charge in [-0.1, -0.05) is 45.7 Å². The van der Waals surface area contributed by atoms with E-state index >= 15 is 0 Å². The maximum Gasteiger partial charge on any atom is 0.311 e. The highest BCUT2D eigenvalue weighted by Gasteiger charge is 2.36. The monoisotopic (exact) mass is 400 g/mol. The molecule has 0 spiro atoms. The summed E-state index contributed by atoms with van der Waals surface area (Å²) in [5.41, 5.74) is 1.99. The Morgan fingerprint density at radius 1 is 1.17 bits per heavy atom. The minimum atomic E-state index is -0.533. The van der Waals surface area contributed by atoms with E-state index in [0.717, 1.165) is 24.9 Å². The zero-order valence-corrected chi connectivity index (χ0v) is 17.6. The Bertz CT molecular complexity index is 746. The molecular weight excluding hydrogens is 368 g/mol. The third-order valence-corrected chi connectivity index (χ3v) is 6.51. The Kier molecular flexibility index (Phi) is 6.93. The molecule has 0 aromatic heterocycles. The first kappa shape index (κ1) is 21.3. The van der Waals surface area contributed by atoms with Gasteiger partial charge >= 0.3 is 5.97 Å². The number of benzene rings is 1. The van der Waals surface area contributed by atoms with E-state index in [-0.39, 0.29) is 30.9 Å². The highest BCUT2D eigenvalue weighted by molar-refractivity contribution is 5.99. The molecule has 1 heterocycles. The fourth-order valence-corrected chi connectivity index (χ4v) is 4.32. The van der Waals surface area contributed by atoms with Crippen LogP contribution >= 0.6 is 0 Å². The maximum atomic E-state index is 12.4. The first-order valence-corrected chi connectivity index (χ1v) is 10.7. The number of rotatable bonds is 6. The van der Waals surface area contributed by atoms with Crippen molar-refractivity contribution in [2.75, 3.05) is 18.1 Å². The summed E-state index contributed by atoms with van der Waals surface area (Å²) in [7, 11) is 0. The maximum absolute atomic E-state index is 12.4. The van der Waals surface area contributed by atoms with Crippen molar-refractivity contribution in [2.24, 2.45) is 17.8 Å². The van der Waals surface area contributed by atoms with Crippen molar-refractivity contribution in [1.29, 1.82) is 0 Å². The smallest absolute Gasteiger partial charge is 0.311 e. The SMILES string of the molecule is CCc1ccc(N2CC(C(=O)OCC(=O)NC3CCCC(C)C3C)CC2=O)cc1. The number of anilines is 1. The van der Waals surface area contributed by atoms with Crippen molar-refractivity contribution < 1.29 is 19.1 Å². The van der Waals surface area contributed by atoms with Gasteiger partial charge in [0, 0.05) is 24.7 Å². The van der Waals surface area contributed by atoms with Crippen LogP contribution < -0.4 is 10.2 Å². The number of aryl methyl sites for hydroxylation is 1. The topological polar surface area (TPSA) is 75.7 Å². The molecule has 1 aliphatic heterocycles. The third kappa shape index (κ3) is 5.17. The quantitative estimate of drug-likeness (QED) is 0.745. The van der Waals surface area contributed by atoms with Crippen LogP contribution in [0.5, 0.6) is 0 Å². The molecule has 4 atom stereocenters. The highest BCUT2D eigenvalue weighted by atomic mass is 16.5. The second-order valence-electron chi connectivity index (χ2n) is 8.47. The molecule has 3 rings (SSSR count). The number of hydrogen-bond acceptors (Lipinski definition) is 4. The van der Waals surface area contributed by atoms with E-state index < -0.39 is 11.9 Å². The Hall–Kier alpha value is -2.37. The van der Waals surface area contributed by atoms with Crippen LogP contribution in [0.1, 0.15) is 52.0 Å². The van der Waals surface area contributed by atoms with Crippen molar-refractivity contribution in [3.63, 3.8) is 0 Å². The number of esters is 1. The molecule has 2 amide bonds. The fraction of sp³-hybridized carbons (Fsp3) is 0.609. The molecule has 1 aromatic rings. The van der Waals surface area contributed by atoms with E-state index in [2.05, 4.69) is 26.1 Å². The first-order valence-electron chi connectivity index (χ1n) is 10.7. The molecule has 158 valence electrons. The second-order valence-corrected chi connectivity index (χ2v) is 8.47. The average molecular weight is 401 g/mol. The van der Waals surface area contributed by atoms with E-state index in [1.165, 1.54) is 12.0 Å². The second kappa shape index (κ2) is 9.42. The van der Waals surface area contributed by atoms with E-state index in [9.17, 15) is 14.4 Å². The van der Waals surface area contributed by atoms with Crippen molar-refractivity contribution in [3.8, 4) is 0 Å². The van der Waals surface area contributed by atoms with E-state index in [1.54, 1.807) is 4.90 Å². The fourth-order valence-electron chi connectivity index (χ4n) is 4.32. The molecule has 0 radical (unpaired) electrons. The van der Waals surface area contributed by atoms with Crippen molar-refractivity contribution in [2.45, 2.75) is 58.9 Å². The minimum Gasteiger partial charge on any atom is -0.455 e. The van der Waals surface area contributed by atoms with Crippen LogP contribution in [-0.4, -0.2) is 37.0 Å². The van der Waals surface area contributed by atoms with Crippen molar-refractivity contribution >= 4 is 23.5 Å². The van der Waals surface area contributed by atoms with Gasteiger partial charge in [-0.2, -0.15) is 0 Å². The molecule has 1 aromatic carbocycles. The van der Waals surface area contributed by atoms with Crippen LogP contribution in [-0.2, 0) is 25.5 Å². The predicted molar refractivity (Wildman–Crippen MR) is 111 cm³/mol. The molecule has 29 heavy (non-hydrogen) atoms. The summed E-state index contributed by atoms with van der Waals surface area (Å²) in [5, 5.41) is 3.01. The number of nitrogens with one attached hydrogen (secondary N) is 1.